The Bertz CT molecular complexity index is 801. The van der Waals surface area contributed by atoms with Gasteiger partial charge in [-0.15, -0.1) is 0 Å². The van der Waals surface area contributed by atoms with Gasteiger partial charge < -0.3 is 0 Å². The molecule has 1 saturated carbocycles. The third kappa shape index (κ3) is 2.75. The second-order valence-electron chi connectivity index (χ2n) is 7.45. The first-order valence-electron chi connectivity index (χ1n) is 9.34. The van der Waals surface area contributed by atoms with Gasteiger partial charge in [0.05, 0.1) is 0 Å². The van der Waals surface area contributed by atoms with Crippen LogP contribution in [0, 0.1) is 5.92 Å². The lowest BCUT2D eigenvalue weighted by atomic mass is 9.82. The molecule has 0 unspecified atom stereocenters. The van der Waals surface area contributed by atoms with Crippen LogP contribution in [0.3, 0.4) is 0 Å². The first-order valence-corrected chi connectivity index (χ1v) is 11.8. The topological polar surface area (TPSA) is 0 Å². The summed E-state index contributed by atoms with van der Waals surface area (Å²) in [5.74, 6) is 0.796. The van der Waals surface area contributed by atoms with Crippen LogP contribution in [-0.4, -0.2) is 13.6 Å². The van der Waals surface area contributed by atoms with E-state index in [9.17, 15) is 0 Å². The minimum atomic E-state index is -0.501. The Hall–Kier alpha value is -1.73. The van der Waals surface area contributed by atoms with Crippen LogP contribution in [-0.2, 0) is 0 Å². The molecule has 1 heteroatoms. The highest BCUT2D eigenvalue weighted by Gasteiger charge is 2.29. The molecule has 0 amide bonds. The summed E-state index contributed by atoms with van der Waals surface area (Å²) in [4.78, 5) is 0. The molecule has 0 bridgehead atoms. The first kappa shape index (κ1) is 15.8. The fraction of sp³-hybridized carbons (Fsp3) is 0.348. The molecular weight excluding hydrogens is 304 g/mol. The molecule has 2 aliphatic carbocycles. The smallest absolute Gasteiger partial charge is 0.0140 e. The molecule has 0 aromatic heterocycles. The molecule has 0 heterocycles. The number of fused-ring (bicyclic) bond motifs is 1. The highest BCUT2D eigenvalue weighted by Crippen LogP contribution is 2.40. The third-order valence-corrected chi connectivity index (χ3v) is 7.11. The van der Waals surface area contributed by atoms with Gasteiger partial charge in [-0.05, 0) is 51.8 Å². The van der Waals surface area contributed by atoms with E-state index in [4.69, 9.17) is 0 Å². The standard InChI is InChI=1S/C23H26Si/c1-24(2)23-21(18-12-7-4-8-13-18)16-19-14-9-15-20(22(19)23)17-10-5-3-6-11-17/h3,5-6,9-11,14-16,18H,4,7-8,12-13H2,1-2H3. The summed E-state index contributed by atoms with van der Waals surface area (Å²) >= 11 is 0. The Kier molecular flexibility index (Phi) is 4.37. The molecule has 0 nitrogen and oxygen atoms in total. The Morgan fingerprint density at radius 3 is 2.29 bits per heavy atom. The van der Waals surface area contributed by atoms with Crippen molar-refractivity contribution in [3.63, 3.8) is 0 Å². The Morgan fingerprint density at radius 2 is 1.58 bits per heavy atom. The van der Waals surface area contributed by atoms with Gasteiger partial charge >= 0.3 is 0 Å². The van der Waals surface area contributed by atoms with Gasteiger partial charge in [0.15, 0.2) is 0 Å². The van der Waals surface area contributed by atoms with Crippen molar-refractivity contribution >= 4 is 19.7 Å². The summed E-state index contributed by atoms with van der Waals surface area (Å²) in [5.41, 5.74) is 7.47. The van der Waals surface area contributed by atoms with E-state index in [2.05, 4.69) is 67.7 Å². The number of rotatable bonds is 2. The van der Waals surface area contributed by atoms with Gasteiger partial charge in [0.25, 0.3) is 0 Å². The Labute approximate surface area is 147 Å². The van der Waals surface area contributed by atoms with E-state index in [1.807, 2.05) is 0 Å². The molecule has 122 valence electrons. The molecule has 2 aromatic rings. The van der Waals surface area contributed by atoms with Crippen molar-refractivity contribution in [3.05, 3.63) is 65.2 Å². The third-order valence-electron chi connectivity index (χ3n) is 5.58. The van der Waals surface area contributed by atoms with E-state index in [0.717, 1.165) is 5.92 Å². The summed E-state index contributed by atoms with van der Waals surface area (Å²) in [5, 5.41) is 1.71. The van der Waals surface area contributed by atoms with Crippen molar-refractivity contribution < 1.29 is 0 Å². The number of hydrogen-bond acceptors (Lipinski definition) is 0. The van der Waals surface area contributed by atoms with E-state index >= 15 is 0 Å². The fourth-order valence-corrected chi connectivity index (χ4v) is 6.12. The maximum atomic E-state index is 2.53. The molecule has 0 N–H and O–H groups in total. The van der Waals surface area contributed by atoms with Gasteiger partial charge in [0.2, 0.25) is 0 Å². The zero-order chi connectivity index (χ0) is 16.5. The van der Waals surface area contributed by atoms with Gasteiger partial charge in [-0.1, -0.05) is 87.0 Å². The summed E-state index contributed by atoms with van der Waals surface area (Å²) in [7, 11) is -0.501. The quantitative estimate of drug-likeness (QED) is 0.576. The lowest BCUT2D eigenvalue weighted by Crippen LogP contribution is -2.20. The SMILES string of the molecule is C[Si](C)=C1C(C2CCCCC2)=Cc2cccc(-c3ccccc3)c21. The maximum Gasteiger partial charge on any atom is 0.0140 e. The molecule has 4 rings (SSSR count). The number of allylic oxidation sites excluding steroid dienone is 1. The Morgan fingerprint density at radius 1 is 0.833 bits per heavy atom. The molecular formula is C23H26Si. The van der Waals surface area contributed by atoms with Crippen molar-refractivity contribution in [1.29, 1.82) is 0 Å². The number of benzene rings is 2. The lowest BCUT2D eigenvalue weighted by Gasteiger charge is -2.25. The predicted octanol–water partition coefficient (Wildman–Crippen LogP) is 6.19. The summed E-state index contributed by atoms with van der Waals surface area (Å²) < 4.78 is 0. The van der Waals surface area contributed by atoms with Crippen LogP contribution in [0.15, 0.2) is 54.1 Å². The zero-order valence-electron chi connectivity index (χ0n) is 14.8. The fourth-order valence-electron chi connectivity index (χ4n) is 4.49. The highest BCUT2D eigenvalue weighted by atomic mass is 28.2. The molecule has 0 atom stereocenters. The minimum absolute atomic E-state index is 0.501. The molecule has 0 saturated heterocycles. The monoisotopic (exact) mass is 330 g/mol. The van der Waals surface area contributed by atoms with Crippen LogP contribution in [0.2, 0.25) is 13.1 Å². The minimum Gasteiger partial charge on any atom is -0.0622 e. The van der Waals surface area contributed by atoms with Crippen molar-refractivity contribution in [2.75, 3.05) is 0 Å². The lowest BCUT2D eigenvalue weighted by molar-refractivity contribution is 0.413. The van der Waals surface area contributed by atoms with Crippen LogP contribution >= 0.6 is 0 Å². The normalized spacial score (nSPS) is 17.6. The molecule has 0 aliphatic heterocycles. The first-order chi connectivity index (χ1) is 11.8. The van der Waals surface area contributed by atoms with E-state index in [0.29, 0.717) is 0 Å². The van der Waals surface area contributed by atoms with Crippen molar-refractivity contribution in [3.8, 4) is 11.1 Å². The van der Waals surface area contributed by atoms with Crippen molar-refractivity contribution in [2.45, 2.75) is 45.2 Å². The second-order valence-corrected chi connectivity index (χ2v) is 9.95. The number of hydrogen-bond donors (Lipinski definition) is 0. The maximum absolute atomic E-state index is 2.53. The molecule has 24 heavy (non-hydrogen) atoms. The average molecular weight is 331 g/mol. The van der Waals surface area contributed by atoms with E-state index in [1.54, 1.807) is 16.3 Å². The summed E-state index contributed by atoms with van der Waals surface area (Å²) in [6.07, 6.45) is 9.56. The molecule has 0 spiro atoms. The summed E-state index contributed by atoms with van der Waals surface area (Å²) in [6.45, 7) is 4.93. The van der Waals surface area contributed by atoms with Gasteiger partial charge in [-0.3, -0.25) is 0 Å². The van der Waals surface area contributed by atoms with Crippen molar-refractivity contribution in [2.24, 2.45) is 5.92 Å². The van der Waals surface area contributed by atoms with Crippen LogP contribution < -0.4 is 0 Å². The molecule has 1 fully saturated rings. The molecule has 2 aliphatic rings. The largest absolute Gasteiger partial charge is 0.0622 e. The summed E-state index contributed by atoms with van der Waals surface area (Å²) in [6, 6.07) is 17.8. The van der Waals surface area contributed by atoms with Gasteiger partial charge in [-0.2, -0.15) is 0 Å². The average Bonchev–Trinajstić information content (AvgIpc) is 3.03. The van der Waals surface area contributed by atoms with Crippen LogP contribution in [0.5, 0.6) is 0 Å². The van der Waals surface area contributed by atoms with E-state index in [-0.39, 0.29) is 0 Å². The predicted molar refractivity (Wildman–Crippen MR) is 108 cm³/mol. The van der Waals surface area contributed by atoms with Crippen molar-refractivity contribution in [1.82, 2.24) is 0 Å². The second kappa shape index (κ2) is 6.64. The van der Waals surface area contributed by atoms with Gasteiger partial charge in [0, 0.05) is 8.41 Å². The highest BCUT2D eigenvalue weighted by molar-refractivity contribution is 6.76. The van der Waals surface area contributed by atoms with E-state index in [1.165, 1.54) is 48.8 Å². The molecule has 2 aromatic carbocycles. The zero-order valence-corrected chi connectivity index (χ0v) is 15.8. The Balaban J connectivity index is 1.85. The van der Waals surface area contributed by atoms with Crippen LogP contribution in [0.25, 0.3) is 17.2 Å². The van der Waals surface area contributed by atoms with E-state index < -0.39 is 8.41 Å². The van der Waals surface area contributed by atoms with Gasteiger partial charge in [-0.25, -0.2) is 0 Å². The van der Waals surface area contributed by atoms with Gasteiger partial charge in [0.1, 0.15) is 0 Å². The van der Waals surface area contributed by atoms with Crippen LogP contribution in [0.4, 0.5) is 0 Å². The van der Waals surface area contributed by atoms with Crippen LogP contribution in [0.1, 0.15) is 43.2 Å². The molecule has 0 radical (unpaired) electrons.